The molecule has 134 valence electrons. The monoisotopic (exact) mass is 403 g/mol. The van der Waals surface area contributed by atoms with Crippen LogP contribution in [0.4, 0.5) is 0 Å². The summed E-state index contributed by atoms with van der Waals surface area (Å²) >= 11 is 3.48. The standard InChI is InChI=1S/C21H26BrNO2/c1-3-12-23(13-4-2)21(25)15-18(16-8-6-5-7-9-16)19-14-17(22)10-11-20(19)24/h5-11,14,18,24H,3-4,12-13,15H2,1-2H3/t18-/m0/s1. The minimum atomic E-state index is -0.164. The molecule has 0 saturated heterocycles. The number of carbonyl (C=O) groups is 1. The number of hydrogen-bond donors (Lipinski definition) is 1. The molecule has 0 radical (unpaired) electrons. The molecule has 2 aromatic rings. The molecule has 1 amide bonds. The van der Waals surface area contributed by atoms with Crippen LogP contribution in [0.15, 0.2) is 53.0 Å². The van der Waals surface area contributed by atoms with Crippen LogP contribution in [0.5, 0.6) is 5.75 Å². The highest BCUT2D eigenvalue weighted by atomic mass is 79.9. The summed E-state index contributed by atoms with van der Waals surface area (Å²) in [5.41, 5.74) is 1.82. The third kappa shape index (κ3) is 5.33. The molecule has 0 heterocycles. The summed E-state index contributed by atoms with van der Waals surface area (Å²) in [5.74, 6) is 0.196. The van der Waals surface area contributed by atoms with Gasteiger partial charge in [0, 0.05) is 35.5 Å². The maximum absolute atomic E-state index is 12.9. The van der Waals surface area contributed by atoms with Crippen LogP contribution in [0.3, 0.4) is 0 Å². The van der Waals surface area contributed by atoms with E-state index in [0.29, 0.717) is 6.42 Å². The summed E-state index contributed by atoms with van der Waals surface area (Å²) < 4.78 is 0.896. The van der Waals surface area contributed by atoms with E-state index in [4.69, 9.17) is 0 Å². The lowest BCUT2D eigenvalue weighted by Gasteiger charge is -2.25. The largest absolute Gasteiger partial charge is 0.508 e. The predicted molar refractivity (Wildman–Crippen MR) is 106 cm³/mol. The van der Waals surface area contributed by atoms with E-state index in [2.05, 4.69) is 29.8 Å². The molecule has 0 fully saturated rings. The minimum absolute atomic E-state index is 0.136. The first-order chi connectivity index (χ1) is 12.1. The molecule has 2 aromatic carbocycles. The number of carbonyl (C=O) groups excluding carboxylic acids is 1. The van der Waals surface area contributed by atoms with E-state index in [1.807, 2.05) is 47.4 Å². The highest BCUT2D eigenvalue weighted by Gasteiger charge is 2.24. The summed E-state index contributed by atoms with van der Waals surface area (Å²) in [5, 5.41) is 10.4. The Morgan fingerprint density at radius 3 is 2.32 bits per heavy atom. The molecule has 0 aliphatic rings. The van der Waals surface area contributed by atoms with Crippen molar-refractivity contribution < 1.29 is 9.90 Å². The van der Waals surface area contributed by atoms with Crippen LogP contribution in [-0.4, -0.2) is 29.0 Å². The molecule has 0 aliphatic carbocycles. The lowest BCUT2D eigenvalue weighted by atomic mass is 9.87. The first-order valence-electron chi connectivity index (χ1n) is 8.87. The van der Waals surface area contributed by atoms with Crippen molar-refractivity contribution in [1.82, 2.24) is 4.90 Å². The number of halogens is 1. The molecule has 4 heteroatoms. The van der Waals surface area contributed by atoms with Crippen molar-refractivity contribution in [2.45, 2.75) is 39.0 Å². The normalized spacial score (nSPS) is 12.0. The van der Waals surface area contributed by atoms with Gasteiger partial charge in [-0.25, -0.2) is 0 Å². The van der Waals surface area contributed by atoms with Gasteiger partial charge in [0.1, 0.15) is 5.75 Å². The zero-order valence-corrected chi connectivity index (χ0v) is 16.5. The number of phenols is 1. The molecule has 0 spiro atoms. The number of hydrogen-bond acceptors (Lipinski definition) is 2. The Morgan fingerprint density at radius 2 is 1.72 bits per heavy atom. The summed E-state index contributed by atoms with van der Waals surface area (Å²) in [7, 11) is 0. The smallest absolute Gasteiger partial charge is 0.223 e. The van der Waals surface area contributed by atoms with Gasteiger partial charge in [0.05, 0.1) is 0 Å². The van der Waals surface area contributed by atoms with E-state index < -0.39 is 0 Å². The van der Waals surface area contributed by atoms with E-state index in [9.17, 15) is 9.90 Å². The topological polar surface area (TPSA) is 40.5 Å². The minimum Gasteiger partial charge on any atom is -0.508 e. The van der Waals surface area contributed by atoms with Crippen LogP contribution in [0.2, 0.25) is 0 Å². The number of amides is 1. The van der Waals surface area contributed by atoms with Gasteiger partial charge in [-0.1, -0.05) is 60.1 Å². The fraction of sp³-hybridized carbons (Fsp3) is 0.381. The lowest BCUT2D eigenvalue weighted by molar-refractivity contribution is -0.131. The second-order valence-corrected chi connectivity index (χ2v) is 7.17. The number of nitrogens with zero attached hydrogens (tertiary/aromatic N) is 1. The van der Waals surface area contributed by atoms with E-state index >= 15 is 0 Å². The van der Waals surface area contributed by atoms with Crippen molar-refractivity contribution in [3.63, 3.8) is 0 Å². The maximum atomic E-state index is 12.9. The van der Waals surface area contributed by atoms with Crippen LogP contribution >= 0.6 is 15.9 Å². The van der Waals surface area contributed by atoms with Crippen molar-refractivity contribution in [2.75, 3.05) is 13.1 Å². The molecule has 0 aliphatic heterocycles. The Hall–Kier alpha value is -1.81. The van der Waals surface area contributed by atoms with Gasteiger partial charge in [-0.2, -0.15) is 0 Å². The summed E-state index contributed by atoms with van der Waals surface area (Å²) in [6.07, 6.45) is 2.25. The van der Waals surface area contributed by atoms with Crippen molar-refractivity contribution in [1.29, 1.82) is 0 Å². The summed E-state index contributed by atoms with van der Waals surface area (Å²) in [6, 6.07) is 15.3. The molecule has 2 rings (SSSR count). The van der Waals surface area contributed by atoms with Crippen LogP contribution < -0.4 is 0 Å². The third-order valence-electron chi connectivity index (χ3n) is 4.29. The molecular weight excluding hydrogens is 378 g/mol. The maximum Gasteiger partial charge on any atom is 0.223 e. The highest BCUT2D eigenvalue weighted by Crippen LogP contribution is 2.36. The molecule has 0 aromatic heterocycles. The third-order valence-corrected chi connectivity index (χ3v) is 4.78. The van der Waals surface area contributed by atoms with Gasteiger partial charge in [0.15, 0.2) is 0 Å². The zero-order chi connectivity index (χ0) is 18.2. The van der Waals surface area contributed by atoms with E-state index in [0.717, 1.165) is 41.5 Å². The molecule has 0 bridgehead atoms. The van der Waals surface area contributed by atoms with E-state index in [1.165, 1.54) is 0 Å². The van der Waals surface area contributed by atoms with Crippen molar-refractivity contribution >= 4 is 21.8 Å². The first-order valence-corrected chi connectivity index (χ1v) is 9.67. The van der Waals surface area contributed by atoms with Gasteiger partial charge in [-0.05, 0) is 36.6 Å². The summed E-state index contributed by atoms with van der Waals surface area (Å²) in [4.78, 5) is 14.8. The molecule has 25 heavy (non-hydrogen) atoms. The van der Waals surface area contributed by atoms with Crippen LogP contribution in [0.1, 0.15) is 50.2 Å². The number of benzene rings is 2. The van der Waals surface area contributed by atoms with Gasteiger partial charge in [0.25, 0.3) is 0 Å². The summed E-state index contributed by atoms with van der Waals surface area (Å²) in [6.45, 7) is 5.73. The van der Waals surface area contributed by atoms with Crippen molar-refractivity contribution in [2.24, 2.45) is 0 Å². The lowest BCUT2D eigenvalue weighted by Crippen LogP contribution is -2.33. The number of aromatic hydroxyl groups is 1. The predicted octanol–water partition coefficient (Wildman–Crippen LogP) is 5.33. The molecular formula is C21H26BrNO2. The van der Waals surface area contributed by atoms with Gasteiger partial charge in [-0.3, -0.25) is 4.79 Å². The molecule has 1 N–H and O–H groups in total. The number of rotatable bonds is 8. The molecule has 1 atom stereocenters. The van der Waals surface area contributed by atoms with Crippen LogP contribution in [-0.2, 0) is 4.79 Å². The Balaban J connectivity index is 2.35. The second kappa shape index (κ2) is 9.62. The average molecular weight is 404 g/mol. The Morgan fingerprint density at radius 1 is 1.08 bits per heavy atom. The first kappa shape index (κ1) is 19.5. The Labute approximate surface area is 158 Å². The van der Waals surface area contributed by atoms with Crippen LogP contribution in [0.25, 0.3) is 0 Å². The fourth-order valence-electron chi connectivity index (χ4n) is 3.10. The van der Waals surface area contributed by atoms with Gasteiger partial charge in [-0.15, -0.1) is 0 Å². The molecule has 0 saturated carbocycles. The van der Waals surface area contributed by atoms with Gasteiger partial charge in [0.2, 0.25) is 5.91 Å². The fourth-order valence-corrected chi connectivity index (χ4v) is 3.48. The van der Waals surface area contributed by atoms with E-state index in [-0.39, 0.29) is 17.6 Å². The average Bonchev–Trinajstić information content (AvgIpc) is 2.62. The SMILES string of the molecule is CCCN(CCC)C(=O)C[C@@H](c1ccccc1)c1cc(Br)ccc1O. The van der Waals surface area contributed by atoms with Gasteiger partial charge >= 0.3 is 0 Å². The van der Waals surface area contributed by atoms with Gasteiger partial charge < -0.3 is 10.0 Å². The Bertz CT molecular complexity index is 682. The number of phenolic OH excluding ortho intramolecular Hbond substituents is 1. The van der Waals surface area contributed by atoms with Crippen LogP contribution in [0, 0.1) is 0 Å². The second-order valence-electron chi connectivity index (χ2n) is 6.25. The van der Waals surface area contributed by atoms with E-state index in [1.54, 1.807) is 6.07 Å². The molecule has 0 unspecified atom stereocenters. The quantitative estimate of drug-likeness (QED) is 0.647. The van der Waals surface area contributed by atoms with Crippen molar-refractivity contribution in [3.05, 3.63) is 64.1 Å². The van der Waals surface area contributed by atoms with Crippen molar-refractivity contribution in [3.8, 4) is 5.75 Å². The zero-order valence-electron chi connectivity index (χ0n) is 14.9. The molecule has 3 nitrogen and oxygen atoms in total. The highest BCUT2D eigenvalue weighted by molar-refractivity contribution is 9.10. The Kier molecular flexibility index (Phi) is 7.51.